The van der Waals surface area contributed by atoms with E-state index in [1.54, 1.807) is 0 Å². The van der Waals surface area contributed by atoms with Crippen LogP contribution in [0.5, 0.6) is 17.6 Å². The van der Waals surface area contributed by atoms with E-state index in [4.69, 9.17) is 31.0 Å². The standard InChI is InChI=1S/C30H32ClF2N5O3/c1-37-26-22-25(35-28(36-26)41-15-30-8-3-9-38(30)13-17(32)12-30)23(33)24(34-27(22)40-14-29(37)6-2-7-29)19-10-18(39)11-20(31)21(19)16-4-5-16/h10-11,16-17,39H,2-9,12-15H2,1H3/t17-,30+/m1/s1. The number of pyridine rings is 1. The summed E-state index contributed by atoms with van der Waals surface area (Å²) in [5.41, 5.74) is 0.627. The molecule has 5 heterocycles. The quantitative estimate of drug-likeness (QED) is 0.405. The predicted octanol–water partition coefficient (Wildman–Crippen LogP) is 5.77. The van der Waals surface area contributed by atoms with Gasteiger partial charge in [-0.2, -0.15) is 9.97 Å². The highest BCUT2D eigenvalue weighted by Gasteiger charge is 2.50. The van der Waals surface area contributed by atoms with Crippen LogP contribution in [-0.4, -0.2) is 75.6 Å². The summed E-state index contributed by atoms with van der Waals surface area (Å²) in [6.07, 6.45) is 6.13. The second kappa shape index (κ2) is 9.01. The molecule has 0 amide bonds. The largest absolute Gasteiger partial charge is 0.508 e. The summed E-state index contributed by atoms with van der Waals surface area (Å²) < 4.78 is 43.6. The minimum Gasteiger partial charge on any atom is -0.508 e. The van der Waals surface area contributed by atoms with Crippen LogP contribution in [-0.2, 0) is 0 Å². The summed E-state index contributed by atoms with van der Waals surface area (Å²) in [6.45, 7) is 1.89. The number of ether oxygens (including phenoxy) is 2. The van der Waals surface area contributed by atoms with Crippen molar-refractivity contribution in [2.75, 3.05) is 38.3 Å². The van der Waals surface area contributed by atoms with Gasteiger partial charge in [0.05, 0.1) is 11.1 Å². The van der Waals surface area contributed by atoms with Crippen LogP contribution in [0.3, 0.4) is 0 Å². The van der Waals surface area contributed by atoms with E-state index in [-0.39, 0.29) is 52.5 Å². The molecule has 8 rings (SSSR count). The molecule has 2 saturated heterocycles. The lowest BCUT2D eigenvalue weighted by Gasteiger charge is -2.47. The molecule has 8 nitrogen and oxygen atoms in total. The number of halogens is 3. The van der Waals surface area contributed by atoms with Gasteiger partial charge in [-0.05, 0) is 75.1 Å². The number of benzene rings is 1. The Morgan fingerprint density at radius 2 is 2.00 bits per heavy atom. The van der Waals surface area contributed by atoms with Gasteiger partial charge in [-0.25, -0.2) is 13.8 Å². The zero-order valence-corrected chi connectivity index (χ0v) is 23.7. The van der Waals surface area contributed by atoms with Crippen LogP contribution in [0.15, 0.2) is 12.1 Å². The van der Waals surface area contributed by atoms with Gasteiger partial charge in [-0.15, -0.1) is 0 Å². The lowest BCUT2D eigenvalue weighted by atomic mass is 9.76. The summed E-state index contributed by atoms with van der Waals surface area (Å²) in [4.78, 5) is 18.3. The van der Waals surface area contributed by atoms with Gasteiger partial charge in [-0.1, -0.05) is 11.6 Å². The van der Waals surface area contributed by atoms with Crippen molar-refractivity contribution < 1.29 is 23.4 Å². The molecule has 0 radical (unpaired) electrons. The highest BCUT2D eigenvalue weighted by atomic mass is 35.5. The van der Waals surface area contributed by atoms with Crippen molar-refractivity contribution in [3.63, 3.8) is 0 Å². The summed E-state index contributed by atoms with van der Waals surface area (Å²) >= 11 is 6.57. The average molecular weight is 584 g/mol. The molecule has 0 unspecified atom stereocenters. The first kappa shape index (κ1) is 25.7. The number of hydrogen-bond acceptors (Lipinski definition) is 8. The summed E-state index contributed by atoms with van der Waals surface area (Å²) in [5, 5.41) is 11.2. The van der Waals surface area contributed by atoms with Gasteiger partial charge in [0.2, 0.25) is 5.88 Å². The van der Waals surface area contributed by atoms with E-state index >= 15 is 4.39 Å². The van der Waals surface area contributed by atoms with Crippen LogP contribution in [0.2, 0.25) is 5.02 Å². The fourth-order valence-corrected chi connectivity index (χ4v) is 7.88. The maximum atomic E-state index is 16.7. The Morgan fingerprint density at radius 3 is 2.76 bits per heavy atom. The van der Waals surface area contributed by atoms with E-state index < -0.39 is 12.0 Å². The Hall–Kier alpha value is -2.98. The molecular weight excluding hydrogens is 552 g/mol. The summed E-state index contributed by atoms with van der Waals surface area (Å²) in [5.74, 6) is 0.242. The van der Waals surface area contributed by atoms with Crippen LogP contribution >= 0.6 is 11.6 Å². The molecule has 1 aromatic carbocycles. The van der Waals surface area contributed by atoms with E-state index in [1.165, 1.54) is 12.1 Å². The summed E-state index contributed by atoms with van der Waals surface area (Å²) in [6, 6.07) is 3.06. The zero-order valence-electron chi connectivity index (χ0n) is 22.9. The van der Waals surface area contributed by atoms with Crippen molar-refractivity contribution in [1.82, 2.24) is 19.9 Å². The minimum atomic E-state index is -0.883. The highest BCUT2D eigenvalue weighted by Crippen LogP contribution is 2.51. The SMILES string of the molecule is CN1c2nc(OC[C@@]34CCCN3C[C@H](F)C4)nc3c(F)c(-c4cc(O)cc(Cl)c4C4CC4)nc(c23)OCC12CCC2. The molecule has 3 aliphatic heterocycles. The Kier molecular flexibility index (Phi) is 5.65. The third-order valence-electron chi connectivity index (χ3n) is 10.1. The van der Waals surface area contributed by atoms with Crippen molar-refractivity contribution in [3.8, 4) is 28.9 Å². The second-order valence-corrected chi connectivity index (χ2v) is 13.0. The maximum absolute atomic E-state index is 16.7. The topological polar surface area (TPSA) is 83.8 Å². The van der Waals surface area contributed by atoms with Gasteiger partial charge in [0.25, 0.3) is 0 Å². The van der Waals surface area contributed by atoms with Gasteiger partial charge < -0.3 is 19.5 Å². The maximum Gasteiger partial charge on any atom is 0.319 e. The Balaban J connectivity index is 1.29. The normalized spacial score (nSPS) is 26.6. The monoisotopic (exact) mass is 583 g/mol. The molecule has 4 fully saturated rings. The van der Waals surface area contributed by atoms with Gasteiger partial charge in [0, 0.05) is 30.6 Å². The third kappa shape index (κ3) is 3.89. The number of phenolic OH excluding ortho intramolecular Hbond substituents is 1. The first-order valence-corrected chi connectivity index (χ1v) is 15.0. The fourth-order valence-electron chi connectivity index (χ4n) is 7.52. The first-order chi connectivity index (χ1) is 19.8. The third-order valence-corrected chi connectivity index (χ3v) is 10.4. The van der Waals surface area contributed by atoms with Crippen molar-refractivity contribution in [3.05, 3.63) is 28.5 Å². The van der Waals surface area contributed by atoms with E-state index in [2.05, 4.69) is 14.8 Å². The van der Waals surface area contributed by atoms with E-state index in [9.17, 15) is 9.50 Å². The number of aromatic nitrogens is 3. The lowest BCUT2D eigenvalue weighted by molar-refractivity contribution is 0.107. The van der Waals surface area contributed by atoms with Gasteiger partial charge in [0.15, 0.2) is 5.82 Å². The van der Waals surface area contributed by atoms with Crippen LogP contribution in [0.1, 0.15) is 62.8 Å². The van der Waals surface area contributed by atoms with Crippen LogP contribution in [0, 0.1) is 5.82 Å². The highest BCUT2D eigenvalue weighted by molar-refractivity contribution is 6.32. The molecule has 5 aliphatic rings. The number of rotatable bonds is 5. The number of hydrogen-bond donors (Lipinski definition) is 1. The molecule has 2 aliphatic carbocycles. The Labute approximate surface area is 241 Å². The Bertz CT molecular complexity index is 1580. The fraction of sp³-hybridized carbons (Fsp3) is 0.567. The molecular formula is C30H32ClF2N5O3. The van der Waals surface area contributed by atoms with Gasteiger partial charge >= 0.3 is 6.01 Å². The van der Waals surface area contributed by atoms with Crippen molar-refractivity contribution in [2.45, 2.75) is 74.5 Å². The number of alkyl halides is 1. The number of phenols is 1. The molecule has 216 valence electrons. The Morgan fingerprint density at radius 1 is 1.17 bits per heavy atom. The molecule has 2 atom stereocenters. The average Bonchev–Trinajstić information content (AvgIpc) is 3.62. The number of aromatic hydroxyl groups is 1. The van der Waals surface area contributed by atoms with Crippen molar-refractivity contribution >= 4 is 28.3 Å². The smallest absolute Gasteiger partial charge is 0.319 e. The molecule has 0 bridgehead atoms. The van der Waals surface area contributed by atoms with Crippen LogP contribution in [0.25, 0.3) is 22.2 Å². The number of anilines is 1. The first-order valence-electron chi connectivity index (χ1n) is 14.6. The molecule has 3 aromatic rings. The van der Waals surface area contributed by atoms with Crippen molar-refractivity contribution in [2.24, 2.45) is 0 Å². The van der Waals surface area contributed by atoms with E-state index in [1.807, 2.05) is 7.05 Å². The summed E-state index contributed by atoms with van der Waals surface area (Å²) in [7, 11) is 1.96. The molecule has 1 spiro atoms. The molecule has 2 aromatic heterocycles. The predicted molar refractivity (Wildman–Crippen MR) is 150 cm³/mol. The zero-order chi connectivity index (χ0) is 28.1. The van der Waals surface area contributed by atoms with E-state index in [0.29, 0.717) is 41.4 Å². The molecule has 1 N–H and O–H groups in total. The van der Waals surface area contributed by atoms with Crippen LogP contribution < -0.4 is 14.4 Å². The minimum absolute atomic E-state index is 0.0339. The van der Waals surface area contributed by atoms with Gasteiger partial charge in [-0.3, -0.25) is 4.90 Å². The number of nitrogens with zero attached hydrogens (tertiary/aromatic N) is 5. The molecule has 41 heavy (non-hydrogen) atoms. The number of fused-ring (bicyclic) bond motifs is 1. The number of likely N-dealkylation sites (N-methyl/N-ethyl adjacent to an activating group) is 1. The second-order valence-electron chi connectivity index (χ2n) is 12.6. The molecule has 2 saturated carbocycles. The van der Waals surface area contributed by atoms with E-state index in [0.717, 1.165) is 57.1 Å². The lowest BCUT2D eigenvalue weighted by Crippen LogP contribution is -2.56. The molecule has 11 heteroatoms. The van der Waals surface area contributed by atoms with Crippen molar-refractivity contribution in [1.29, 1.82) is 0 Å². The van der Waals surface area contributed by atoms with Crippen LogP contribution in [0.4, 0.5) is 14.6 Å². The van der Waals surface area contributed by atoms with Gasteiger partial charge in [0.1, 0.15) is 47.5 Å².